The van der Waals surface area contributed by atoms with Crippen molar-refractivity contribution in [2.24, 2.45) is 0 Å². The first-order chi connectivity index (χ1) is 35.5. The molecule has 72 heavy (non-hydrogen) atoms. The summed E-state index contributed by atoms with van der Waals surface area (Å²) in [5, 5.41) is 2.51. The fourth-order valence-corrected chi connectivity index (χ4v) is 12.6. The lowest BCUT2D eigenvalue weighted by molar-refractivity contribution is 0.660. The lowest BCUT2D eigenvalue weighted by Gasteiger charge is -2.34. The smallest absolute Gasteiger partial charge is 0.0713 e. The van der Waals surface area contributed by atoms with Crippen LogP contribution in [-0.4, -0.2) is 4.57 Å². The highest BCUT2D eigenvalue weighted by Gasteiger charge is 2.46. The van der Waals surface area contributed by atoms with E-state index in [-0.39, 0.29) is 5.41 Å². The molecule has 0 unspecified atom stereocenters. The van der Waals surface area contributed by atoms with E-state index in [9.17, 15) is 0 Å². The first-order valence-electron chi connectivity index (χ1n) is 25.2. The maximum absolute atomic E-state index is 2.48. The van der Waals surface area contributed by atoms with E-state index in [2.05, 4.69) is 290 Å². The minimum Gasteiger partial charge on any atom is -0.310 e. The molecule has 0 spiro atoms. The number of anilines is 3. The Morgan fingerprint density at radius 1 is 0.319 bits per heavy atom. The summed E-state index contributed by atoms with van der Waals surface area (Å²) < 4.78 is 2.48. The van der Waals surface area contributed by atoms with Crippen molar-refractivity contribution in [1.29, 1.82) is 0 Å². The minimum absolute atomic E-state index is 0.0960. The van der Waals surface area contributed by atoms with Crippen LogP contribution in [0, 0.1) is 0 Å². The van der Waals surface area contributed by atoms with Crippen molar-refractivity contribution in [3.63, 3.8) is 0 Å². The van der Waals surface area contributed by atoms with Gasteiger partial charge in [-0.25, -0.2) is 0 Å². The summed E-state index contributed by atoms with van der Waals surface area (Å²) in [4.78, 5) is 2.44. The van der Waals surface area contributed by atoms with Crippen LogP contribution in [0.3, 0.4) is 0 Å². The second kappa shape index (κ2) is 16.3. The fourth-order valence-electron chi connectivity index (χ4n) is 12.6. The summed E-state index contributed by atoms with van der Waals surface area (Å²) in [6.45, 7) is 4.73. The Bertz CT molecular complexity index is 4030. The molecule has 0 aliphatic heterocycles. The zero-order valence-corrected chi connectivity index (χ0v) is 40.3. The molecule has 0 atom stereocenters. The van der Waals surface area contributed by atoms with Gasteiger partial charge in [0.05, 0.1) is 22.1 Å². The highest BCUT2D eigenvalue weighted by molar-refractivity contribution is 6.10. The Morgan fingerprint density at radius 2 is 0.889 bits per heavy atom. The molecule has 0 saturated heterocycles. The lowest BCUT2D eigenvalue weighted by atomic mass is 9.68. The van der Waals surface area contributed by atoms with Gasteiger partial charge >= 0.3 is 0 Å². The normalized spacial score (nSPS) is 13.6. The number of rotatable bonds is 8. The molecule has 0 N–H and O–H groups in total. The summed E-state index contributed by atoms with van der Waals surface area (Å²) in [5.41, 5.74) is 24.1. The second-order valence-electron chi connectivity index (χ2n) is 20.0. The van der Waals surface area contributed by atoms with E-state index in [1.807, 2.05) is 0 Å². The molecule has 0 saturated carbocycles. The van der Waals surface area contributed by atoms with Crippen LogP contribution in [0.15, 0.2) is 267 Å². The Balaban J connectivity index is 0.901. The molecule has 2 heteroatoms. The van der Waals surface area contributed by atoms with Crippen LogP contribution in [0.5, 0.6) is 0 Å². The summed E-state index contributed by atoms with van der Waals surface area (Å²) in [7, 11) is 0. The molecule has 0 fully saturated rings. The van der Waals surface area contributed by atoms with Gasteiger partial charge in [0.25, 0.3) is 0 Å². The topological polar surface area (TPSA) is 8.17 Å². The molecule has 12 aromatic rings. The Labute approximate surface area is 421 Å². The molecule has 1 aromatic heterocycles. The molecule has 0 bridgehead atoms. The van der Waals surface area contributed by atoms with Crippen LogP contribution in [0.1, 0.15) is 47.2 Å². The quantitative estimate of drug-likeness (QED) is 0.147. The van der Waals surface area contributed by atoms with E-state index in [0.29, 0.717) is 0 Å². The molecule has 0 radical (unpaired) electrons. The van der Waals surface area contributed by atoms with Gasteiger partial charge in [-0.15, -0.1) is 0 Å². The molecule has 0 amide bonds. The summed E-state index contributed by atoms with van der Waals surface area (Å²) in [6, 6.07) is 98.9. The largest absolute Gasteiger partial charge is 0.310 e. The molecule has 14 rings (SSSR count). The van der Waals surface area contributed by atoms with Crippen molar-refractivity contribution in [3.05, 3.63) is 300 Å². The highest BCUT2D eigenvalue weighted by Crippen LogP contribution is 2.57. The van der Waals surface area contributed by atoms with Crippen molar-refractivity contribution < 1.29 is 0 Å². The number of hydrogen-bond acceptors (Lipinski definition) is 1. The predicted molar refractivity (Wildman–Crippen MR) is 301 cm³/mol. The van der Waals surface area contributed by atoms with Crippen LogP contribution in [-0.2, 0) is 10.8 Å². The van der Waals surface area contributed by atoms with Crippen LogP contribution >= 0.6 is 0 Å². The Kier molecular flexibility index (Phi) is 9.50. The van der Waals surface area contributed by atoms with Crippen LogP contribution in [0.4, 0.5) is 17.1 Å². The molecule has 2 aliphatic carbocycles. The average molecular weight is 919 g/mol. The Morgan fingerprint density at radius 3 is 1.65 bits per heavy atom. The van der Waals surface area contributed by atoms with E-state index in [4.69, 9.17) is 0 Å². The van der Waals surface area contributed by atoms with Gasteiger partial charge in [0, 0.05) is 38.8 Å². The number of benzene rings is 11. The number of hydrogen-bond donors (Lipinski definition) is 0. The predicted octanol–water partition coefficient (Wildman–Crippen LogP) is 18.3. The van der Waals surface area contributed by atoms with Gasteiger partial charge in [0.2, 0.25) is 0 Å². The van der Waals surface area contributed by atoms with Crippen molar-refractivity contribution in [1.82, 2.24) is 4.57 Å². The third kappa shape index (κ3) is 6.22. The number of aromatic nitrogens is 1. The maximum Gasteiger partial charge on any atom is 0.0713 e. The van der Waals surface area contributed by atoms with Crippen LogP contribution in [0.25, 0.3) is 72.0 Å². The van der Waals surface area contributed by atoms with Crippen molar-refractivity contribution in [3.8, 4) is 50.2 Å². The number of nitrogens with zero attached hydrogens (tertiary/aromatic N) is 2. The van der Waals surface area contributed by atoms with E-state index >= 15 is 0 Å². The molecular formula is C70H50N2. The van der Waals surface area contributed by atoms with Gasteiger partial charge in [0.15, 0.2) is 0 Å². The van der Waals surface area contributed by atoms with E-state index in [1.165, 1.54) is 94.3 Å². The third-order valence-electron chi connectivity index (χ3n) is 15.9. The SMILES string of the molecule is CC1(C)c2ccccc2-c2ccc(-n3c4ccccc4c4ccc(-c5cccc(-c6ccccc6N(c6ccccc6)c6ccc7c(c6)-c6ccccc6C7(c6ccccc6)c6ccccc6)c5)cc43)cc21. The van der Waals surface area contributed by atoms with Crippen molar-refractivity contribution >= 4 is 38.9 Å². The maximum atomic E-state index is 2.48. The third-order valence-corrected chi connectivity index (χ3v) is 15.9. The molecular weight excluding hydrogens is 869 g/mol. The van der Waals surface area contributed by atoms with Gasteiger partial charge in [-0.1, -0.05) is 220 Å². The number of fused-ring (bicyclic) bond motifs is 9. The highest BCUT2D eigenvalue weighted by atomic mass is 15.1. The molecule has 340 valence electrons. The lowest BCUT2D eigenvalue weighted by Crippen LogP contribution is -2.28. The summed E-state index contributed by atoms with van der Waals surface area (Å²) in [5.74, 6) is 0. The van der Waals surface area contributed by atoms with Gasteiger partial charge in [-0.05, 0) is 133 Å². The van der Waals surface area contributed by atoms with E-state index in [0.717, 1.165) is 28.2 Å². The van der Waals surface area contributed by atoms with Gasteiger partial charge in [-0.2, -0.15) is 0 Å². The van der Waals surface area contributed by atoms with Gasteiger partial charge in [-0.3, -0.25) is 0 Å². The fraction of sp³-hybridized carbons (Fsp3) is 0.0571. The molecule has 2 aliphatic rings. The van der Waals surface area contributed by atoms with Crippen molar-refractivity contribution in [2.45, 2.75) is 24.7 Å². The first kappa shape index (κ1) is 41.9. The molecule has 11 aromatic carbocycles. The summed E-state index contributed by atoms with van der Waals surface area (Å²) in [6.07, 6.45) is 0. The van der Waals surface area contributed by atoms with Crippen LogP contribution < -0.4 is 4.90 Å². The standard InChI is InChI=1S/C70H50N2/c1-69(2)62-33-16-12-30-56(62)58-41-38-54(46-65(58)69)72-67-36-19-15-32-59(67)60-40-37-48(44-68(60)72)47-21-20-22-49(43-47)55-29-14-18-35-66(55)71(52-27-10-5-11-28-52)53-39-42-64-61(45-53)57-31-13-17-34-63(57)70(64,50-23-6-3-7-24-50)51-25-8-4-9-26-51/h3-46H,1-2H3. The monoisotopic (exact) mass is 918 g/mol. The van der Waals surface area contributed by atoms with E-state index < -0.39 is 5.41 Å². The molecule has 1 heterocycles. The zero-order valence-electron chi connectivity index (χ0n) is 40.3. The van der Waals surface area contributed by atoms with Gasteiger partial charge in [0.1, 0.15) is 0 Å². The zero-order chi connectivity index (χ0) is 48.0. The first-order valence-corrected chi connectivity index (χ1v) is 25.2. The minimum atomic E-state index is -0.467. The average Bonchev–Trinajstić information content (AvgIpc) is 4.02. The summed E-state index contributed by atoms with van der Waals surface area (Å²) >= 11 is 0. The molecule has 2 nitrogen and oxygen atoms in total. The Hall–Kier alpha value is -8.98. The van der Waals surface area contributed by atoms with Gasteiger partial charge < -0.3 is 9.47 Å². The number of para-hydroxylation sites is 3. The van der Waals surface area contributed by atoms with Crippen LogP contribution in [0.2, 0.25) is 0 Å². The van der Waals surface area contributed by atoms with E-state index in [1.54, 1.807) is 0 Å². The van der Waals surface area contributed by atoms with Crippen molar-refractivity contribution in [2.75, 3.05) is 4.90 Å². The second-order valence-corrected chi connectivity index (χ2v) is 20.0.